The van der Waals surface area contributed by atoms with Gasteiger partial charge in [-0.1, -0.05) is 209 Å². The third kappa shape index (κ3) is 49.7. The summed E-state index contributed by atoms with van der Waals surface area (Å²) in [4.78, 5) is 37.9. The van der Waals surface area contributed by atoms with Crippen molar-refractivity contribution in [1.82, 2.24) is 0 Å². The third-order valence-electron chi connectivity index (χ3n) is 11.2. The summed E-state index contributed by atoms with van der Waals surface area (Å²) >= 11 is 0. The molecule has 0 aromatic heterocycles. The van der Waals surface area contributed by atoms with Crippen LogP contribution in [0.2, 0.25) is 0 Å². The number of esters is 3. The Bertz CT molecular complexity index is 1190. The van der Waals surface area contributed by atoms with Crippen LogP contribution in [0.4, 0.5) is 0 Å². The topological polar surface area (TPSA) is 78.9 Å². The molecule has 0 fully saturated rings. The van der Waals surface area contributed by atoms with Gasteiger partial charge in [-0.05, 0) is 96.3 Å². The maximum absolute atomic E-state index is 12.8. The second-order valence-corrected chi connectivity index (χ2v) is 17.4. The minimum Gasteiger partial charge on any atom is -0.462 e. The van der Waals surface area contributed by atoms with Crippen LogP contribution in [0.1, 0.15) is 252 Å². The normalized spacial score (nSPS) is 12.6. The number of rotatable bonds is 47. The van der Waals surface area contributed by atoms with Crippen LogP contribution in [-0.4, -0.2) is 37.2 Å². The van der Waals surface area contributed by atoms with E-state index in [1.807, 2.05) is 0 Å². The molecule has 0 aromatic rings. The van der Waals surface area contributed by atoms with E-state index in [9.17, 15) is 14.4 Å². The molecule has 0 amide bonds. The van der Waals surface area contributed by atoms with Gasteiger partial charge in [0, 0.05) is 19.3 Å². The number of carbonyl (C=O) groups is 3. The number of unbranched alkanes of at least 4 members (excludes halogenated alkanes) is 25. The van der Waals surface area contributed by atoms with Crippen LogP contribution in [0.25, 0.3) is 0 Å². The minimum absolute atomic E-state index is 0.0944. The van der Waals surface area contributed by atoms with Gasteiger partial charge in [-0.3, -0.25) is 14.4 Å². The second kappa shape index (κ2) is 51.5. The Morgan fingerprint density at radius 2 is 0.683 bits per heavy atom. The first-order valence-corrected chi connectivity index (χ1v) is 26.5. The Kier molecular flexibility index (Phi) is 48.9. The van der Waals surface area contributed by atoms with Crippen molar-refractivity contribution in [3.05, 3.63) is 72.9 Å². The largest absolute Gasteiger partial charge is 0.462 e. The second-order valence-electron chi connectivity index (χ2n) is 17.4. The number of hydrogen-bond donors (Lipinski definition) is 0. The van der Waals surface area contributed by atoms with Crippen LogP contribution in [0.3, 0.4) is 0 Å². The molecule has 0 rings (SSSR count). The number of hydrogen-bond acceptors (Lipinski definition) is 6. The van der Waals surface area contributed by atoms with Gasteiger partial charge in [-0.25, -0.2) is 0 Å². The highest BCUT2D eigenvalue weighted by Gasteiger charge is 2.19. The summed E-state index contributed by atoms with van der Waals surface area (Å²) < 4.78 is 16.7. The highest BCUT2D eigenvalue weighted by atomic mass is 16.6. The molecule has 0 spiro atoms. The monoisotopic (exact) mass is 879 g/mol. The van der Waals surface area contributed by atoms with E-state index in [2.05, 4.69) is 93.7 Å². The highest BCUT2D eigenvalue weighted by molar-refractivity contribution is 5.71. The molecule has 0 aromatic carbocycles. The van der Waals surface area contributed by atoms with Crippen molar-refractivity contribution in [1.29, 1.82) is 0 Å². The minimum atomic E-state index is -0.798. The average molecular weight is 879 g/mol. The SMILES string of the molecule is CC/C=C\C/C=C\C/C=C\CCCC(=O)OCC(COC(=O)CCCCCCCCCCCC/C=C\C=C/CCCCC)OC(=O)CCCCCCCCC/C=C\CCCCCC. The predicted octanol–water partition coefficient (Wildman–Crippen LogP) is 17.4. The fraction of sp³-hybridized carbons (Fsp3) is 0.737. The molecule has 63 heavy (non-hydrogen) atoms. The molecular formula is C57H98O6. The average Bonchev–Trinajstić information content (AvgIpc) is 3.28. The van der Waals surface area contributed by atoms with Crippen molar-refractivity contribution in [2.45, 2.75) is 258 Å². The summed E-state index contributed by atoms with van der Waals surface area (Å²) in [5, 5.41) is 0. The van der Waals surface area contributed by atoms with Crippen LogP contribution >= 0.6 is 0 Å². The van der Waals surface area contributed by atoms with Gasteiger partial charge in [0.1, 0.15) is 13.2 Å². The smallest absolute Gasteiger partial charge is 0.306 e. The van der Waals surface area contributed by atoms with Crippen LogP contribution in [0.5, 0.6) is 0 Å². The Morgan fingerprint density at radius 3 is 1.17 bits per heavy atom. The highest BCUT2D eigenvalue weighted by Crippen LogP contribution is 2.15. The summed E-state index contributed by atoms with van der Waals surface area (Å²) in [6, 6.07) is 0. The van der Waals surface area contributed by atoms with Crippen molar-refractivity contribution >= 4 is 17.9 Å². The molecule has 0 saturated carbocycles. The zero-order chi connectivity index (χ0) is 45.8. The molecule has 0 aliphatic carbocycles. The van der Waals surface area contributed by atoms with E-state index < -0.39 is 6.10 Å². The molecular weight excluding hydrogens is 781 g/mol. The lowest BCUT2D eigenvalue weighted by atomic mass is 10.1. The zero-order valence-electron chi connectivity index (χ0n) is 41.3. The van der Waals surface area contributed by atoms with E-state index in [1.54, 1.807) is 0 Å². The van der Waals surface area contributed by atoms with Crippen molar-refractivity contribution in [2.75, 3.05) is 13.2 Å². The first-order valence-electron chi connectivity index (χ1n) is 26.5. The van der Waals surface area contributed by atoms with E-state index in [-0.39, 0.29) is 37.5 Å². The summed E-state index contributed by atoms with van der Waals surface area (Å²) in [6.07, 6.45) is 64.7. The Balaban J connectivity index is 4.38. The fourth-order valence-corrected chi connectivity index (χ4v) is 7.22. The Morgan fingerprint density at radius 1 is 0.349 bits per heavy atom. The molecule has 0 N–H and O–H groups in total. The molecule has 1 atom stereocenters. The van der Waals surface area contributed by atoms with Gasteiger partial charge in [-0.15, -0.1) is 0 Å². The van der Waals surface area contributed by atoms with Crippen molar-refractivity contribution < 1.29 is 28.6 Å². The lowest BCUT2D eigenvalue weighted by Crippen LogP contribution is -2.30. The number of carbonyl (C=O) groups excluding carboxylic acids is 3. The summed E-state index contributed by atoms with van der Waals surface area (Å²) in [7, 11) is 0. The molecule has 362 valence electrons. The van der Waals surface area contributed by atoms with E-state index in [1.165, 1.54) is 141 Å². The van der Waals surface area contributed by atoms with Gasteiger partial charge in [0.2, 0.25) is 0 Å². The first kappa shape index (κ1) is 59.9. The molecule has 6 heteroatoms. The van der Waals surface area contributed by atoms with E-state index in [0.29, 0.717) is 19.3 Å². The van der Waals surface area contributed by atoms with Crippen molar-refractivity contribution in [3.63, 3.8) is 0 Å². The molecule has 6 nitrogen and oxygen atoms in total. The van der Waals surface area contributed by atoms with E-state index >= 15 is 0 Å². The quantitative estimate of drug-likeness (QED) is 0.0199. The van der Waals surface area contributed by atoms with E-state index in [4.69, 9.17) is 14.2 Å². The van der Waals surface area contributed by atoms with Gasteiger partial charge >= 0.3 is 17.9 Å². The van der Waals surface area contributed by atoms with Gasteiger partial charge in [-0.2, -0.15) is 0 Å². The van der Waals surface area contributed by atoms with Gasteiger partial charge < -0.3 is 14.2 Å². The maximum Gasteiger partial charge on any atom is 0.306 e. The van der Waals surface area contributed by atoms with Crippen LogP contribution < -0.4 is 0 Å². The summed E-state index contributed by atoms with van der Waals surface area (Å²) in [5.74, 6) is -0.957. The van der Waals surface area contributed by atoms with E-state index in [0.717, 1.165) is 64.2 Å². The van der Waals surface area contributed by atoms with Gasteiger partial charge in [0.25, 0.3) is 0 Å². The molecule has 0 aliphatic heterocycles. The standard InChI is InChI=1S/C57H98O6/c1-4-7-10-13-16-19-22-24-26-27-28-29-31-32-35-38-41-44-47-50-56(59)62-53-54(52-61-55(58)49-46-43-40-37-34-21-18-15-12-9-6-3)63-57(60)51-48-45-42-39-36-33-30-25-23-20-17-14-11-8-5-2/h9,12,16,18-24,37,40,54H,4-8,10-11,13-15,17,25-36,38-39,41-53H2,1-3H3/b12-9-,19-16-,21-18-,23-20-,24-22-,40-37-. The number of allylic oxidation sites excluding steroid dienone is 12. The van der Waals surface area contributed by atoms with Crippen LogP contribution in [0.15, 0.2) is 72.9 Å². The fourth-order valence-electron chi connectivity index (χ4n) is 7.22. The molecule has 0 saturated heterocycles. The van der Waals surface area contributed by atoms with Gasteiger partial charge in [0.15, 0.2) is 6.10 Å². The molecule has 0 radical (unpaired) electrons. The lowest BCUT2D eigenvalue weighted by Gasteiger charge is -2.18. The van der Waals surface area contributed by atoms with Crippen molar-refractivity contribution in [3.8, 4) is 0 Å². The van der Waals surface area contributed by atoms with Crippen LogP contribution in [-0.2, 0) is 28.6 Å². The predicted molar refractivity (Wildman–Crippen MR) is 270 cm³/mol. The summed E-state index contributed by atoms with van der Waals surface area (Å²) in [6.45, 7) is 6.43. The molecule has 1 unspecified atom stereocenters. The zero-order valence-corrected chi connectivity index (χ0v) is 41.3. The summed E-state index contributed by atoms with van der Waals surface area (Å²) in [5.41, 5.74) is 0. The maximum atomic E-state index is 12.8. The molecule has 0 bridgehead atoms. The van der Waals surface area contributed by atoms with Crippen molar-refractivity contribution in [2.24, 2.45) is 0 Å². The number of ether oxygens (including phenoxy) is 3. The molecule has 0 aliphatic rings. The third-order valence-corrected chi connectivity index (χ3v) is 11.2. The lowest BCUT2D eigenvalue weighted by molar-refractivity contribution is -0.167. The van der Waals surface area contributed by atoms with Gasteiger partial charge in [0.05, 0.1) is 0 Å². The Hall–Kier alpha value is -3.15. The molecule has 0 heterocycles. The Labute approximate surface area is 389 Å². The van der Waals surface area contributed by atoms with Crippen LogP contribution in [0, 0.1) is 0 Å². The first-order chi connectivity index (χ1) is 31.0.